The van der Waals surface area contributed by atoms with E-state index in [4.69, 9.17) is 18.9 Å². The maximum Gasteiger partial charge on any atom is 0.151 e. The van der Waals surface area contributed by atoms with Gasteiger partial charge in [-0.25, -0.2) is 0 Å². The highest BCUT2D eigenvalue weighted by atomic mass is 16.6. The predicted octanol–water partition coefficient (Wildman–Crippen LogP) is 5.52. The number of carbonyl (C=O) groups is 1. The van der Waals surface area contributed by atoms with Gasteiger partial charge in [-0.15, -0.1) is 0 Å². The Balaban J connectivity index is 1.53. The minimum absolute atomic E-state index is 0.0101. The van der Waals surface area contributed by atoms with Gasteiger partial charge in [0, 0.05) is 0 Å². The lowest BCUT2D eigenvalue weighted by Crippen LogP contribution is -2.50. The summed E-state index contributed by atoms with van der Waals surface area (Å²) in [6.07, 6.45) is -3.18. The molecule has 4 atom stereocenters. The molecule has 1 N–H and O–H groups in total. The molecule has 0 radical (unpaired) electrons. The van der Waals surface area contributed by atoms with Gasteiger partial charge in [-0.3, -0.25) is 0 Å². The number of hydrogen-bond donors (Lipinski definition) is 1. The van der Waals surface area contributed by atoms with Crippen LogP contribution in [-0.2, 0) is 50.2 Å². The molecule has 6 nitrogen and oxygen atoms in total. The monoisotopic (exact) mass is 540 g/mol. The standard InChI is InChI=1S/C34H36O6/c35-21-32(38-23-28-15-7-2-8-16-28)34(40-25-30-19-11-4-12-20-30)33(39-24-29-17-9-3-10-18-29)31(36)26-37-22-27-13-5-1-6-14-27/h1-21,31-34,36H,22-26H2/t31-,32-,33-,34-/m1/s1. The molecule has 0 amide bonds. The largest absolute Gasteiger partial charge is 0.388 e. The van der Waals surface area contributed by atoms with Crippen molar-refractivity contribution in [1.82, 2.24) is 0 Å². The number of aliphatic hydroxyl groups is 1. The third-order valence-electron chi connectivity index (χ3n) is 6.42. The van der Waals surface area contributed by atoms with Gasteiger partial charge in [0.1, 0.15) is 24.4 Å². The Hall–Kier alpha value is -3.65. The van der Waals surface area contributed by atoms with Crippen molar-refractivity contribution < 1.29 is 28.8 Å². The molecule has 0 aliphatic heterocycles. The highest BCUT2D eigenvalue weighted by molar-refractivity contribution is 5.57. The lowest BCUT2D eigenvalue weighted by atomic mass is 10.0. The fraction of sp³-hybridized carbons (Fsp3) is 0.265. The normalized spacial score (nSPS) is 14.2. The summed E-state index contributed by atoms with van der Waals surface area (Å²) in [5, 5.41) is 11.4. The molecule has 4 rings (SSSR count). The maximum atomic E-state index is 12.4. The number of hydrogen-bond acceptors (Lipinski definition) is 6. The minimum Gasteiger partial charge on any atom is -0.388 e. The zero-order chi connectivity index (χ0) is 27.8. The lowest BCUT2D eigenvalue weighted by molar-refractivity contribution is -0.185. The van der Waals surface area contributed by atoms with E-state index in [1.54, 1.807) is 0 Å². The number of ether oxygens (including phenoxy) is 4. The van der Waals surface area contributed by atoms with Crippen LogP contribution in [0.3, 0.4) is 0 Å². The number of benzene rings is 4. The van der Waals surface area contributed by atoms with Crippen LogP contribution in [-0.4, -0.2) is 42.4 Å². The van der Waals surface area contributed by atoms with Crippen LogP contribution in [0, 0.1) is 0 Å². The molecule has 4 aromatic carbocycles. The molecule has 0 heterocycles. The molecule has 0 unspecified atom stereocenters. The first kappa shape index (κ1) is 29.3. The van der Waals surface area contributed by atoms with E-state index in [-0.39, 0.29) is 26.4 Å². The van der Waals surface area contributed by atoms with Gasteiger partial charge in [0.05, 0.1) is 33.0 Å². The lowest BCUT2D eigenvalue weighted by Gasteiger charge is -2.34. The molecule has 0 saturated heterocycles. The van der Waals surface area contributed by atoms with Crippen molar-refractivity contribution in [3.8, 4) is 0 Å². The predicted molar refractivity (Wildman–Crippen MR) is 153 cm³/mol. The molecule has 208 valence electrons. The van der Waals surface area contributed by atoms with Crippen molar-refractivity contribution in [2.24, 2.45) is 0 Å². The summed E-state index contributed by atoms with van der Waals surface area (Å²) in [5.41, 5.74) is 3.77. The van der Waals surface area contributed by atoms with E-state index in [2.05, 4.69) is 0 Å². The molecule has 0 saturated carbocycles. The van der Waals surface area contributed by atoms with Crippen LogP contribution >= 0.6 is 0 Å². The summed E-state index contributed by atoms with van der Waals surface area (Å²) in [6, 6.07) is 38.7. The Morgan fingerprint density at radius 1 is 0.525 bits per heavy atom. The second-order valence-corrected chi connectivity index (χ2v) is 9.49. The van der Waals surface area contributed by atoms with E-state index in [9.17, 15) is 9.90 Å². The average molecular weight is 541 g/mol. The number of carbonyl (C=O) groups excluding carboxylic acids is 1. The average Bonchev–Trinajstić information content (AvgIpc) is 3.01. The van der Waals surface area contributed by atoms with E-state index >= 15 is 0 Å². The van der Waals surface area contributed by atoms with Crippen LogP contribution in [0.15, 0.2) is 121 Å². The maximum absolute atomic E-state index is 12.4. The van der Waals surface area contributed by atoms with Gasteiger partial charge >= 0.3 is 0 Å². The van der Waals surface area contributed by atoms with Gasteiger partial charge in [-0.05, 0) is 22.3 Å². The molecule has 0 spiro atoms. The second kappa shape index (κ2) is 16.5. The molecule has 0 aliphatic carbocycles. The molecule has 6 heteroatoms. The molecule has 0 bridgehead atoms. The highest BCUT2D eigenvalue weighted by Crippen LogP contribution is 2.21. The Morgan fingerprint density at radius 3 is 1.32 bits per heavy atom. The first-order valence-electron chi connectivity index (χ1n) is 13.4. The van der Waals surface area contributed by atoms with Gasteiger partial charge in [0.25, 0.3) is 0 Å². The summed E-state index contributed by atoms with van der Waals surface area (Å²) >= 11 is 0. The molecular formula is C34H36O6. The van der Waals surface area contributed by atoms with E-state index in [0.717, 1.165) is 28.5 Å². The van der Waals surface area contributed by atoms with E-state index < -0.39 is 24.4 Å². The smallest absolute Gasteiger partial charge is 0.151 e. The van der Waals surface area contributed by atoms with Crippen LogP contribution in [0.2, 0.25) is 0 Å². The van der Waals surface area contributed by atoms with E-state index in [0.29, 0.717) is 6.61 Å². The topological polar surface area (TPSA) is 74.2 Å². The Morgan fingerprint density at radius 2 is 0.900 bits per heavy atom. The van der Waals surface area contributed by atoms with E-state index in [1.807, 2.05) is 121 Å². The molecule has 4 aromatic rings. The Labute approximate surface area is 236 Å². The van der Waals surface area contributed by atoms with Gasteiger partial charge in [0.2, 0.25) is 0 Å². The van der Waals surface area contributed by atoms with Gasteiger partial charge in [0.15, 0.2) is 6.29 Å². The van der Waals surface area contributed by atoms with Crippen molar-refractivity contribution in [3.63, 3.8) is 0 Å². The van der Waals surface area contributed by atoms with Gasteiger partial charge in [-0.1, -0.05) is 121 Å². The first-order chi connectivity index (χ1) is 19.7. The Bertz CT molecular complexity index is 1220. The molecule has 0 fully saturated rings. The molecule has 0 aliphatic rings. The van der Waals surface area contributed by atoms with Crippen LogP contribution in [0.1, 0.15) is 22.3 Å². The van der Waals surface area contributed by atoms with Crippen molar-refractivity contribution in [2.45, 2.75) is 50.8 Å². The van der Waals surface area contributed by atoms with Crippen molar-refractivity contribution in [3.05, 3.63) is 144 Å². The van der Waals surface area contributed by atoms with Crippen LogP contribution in [0.4, 0.5) is 0 Å². The SMILES string of the molecule is O=C[C@@H](OCc1ccccc1)[C@@H](OCc1ccccc1)[C@H](OCc1ccccc1)[C@H](O)COCc1ccccc1. The zero-order valence-electron chi connectivity index (χ0n) is 22.5. The molecule has 40 heavy (non-hydrogen) atoms. The van der Waals surface area contributed by atoms with Crippen molar-refractivity contribution in [1.29, 1.82) is 0 Å². The fourth-order valence-electron chi connectivity index (χ4n) is 4.28. The minimum atomic E-state index is -1.09. The van der Waals surface area contributed by atoms with Crippen LogP contribution in [0.25, 0.3) is 0 Å². The van der Waals surface area contributed by atoms with Gasteiger partial charge in [-0.2, -0.15) is 0 Å². The highest BCUT2D eigenvalue weighted by Gasteiger charge is 2.37. The van der Waals surface area contributed by atoms with Crippen molar-refractivity contribution >= 4 is 6.29 Å². The summed E-state index contributed by atoms with van der Waals surface area (Å²) in [4.78, 5) is 12.4. The summed E-state index contributed by atoms with van der Waals surface area (Å²) in [5.74, 6) is 0. The third-order valence-corrected chi connectivity index (χ3v) is 6.42. The fourth-order valence-corrected chi connectivity index (χ4v) is 4.28. The summed E-state index contributed by atoms with van der Waals surface area (Å²) < 4.78 is 24.5. The van der Waals surface area contributed by atoms with Crippen LogP contribution < -0.4 is 0 Å². The summed E-state index contributed by atoms with van der Waals surface area (Å²) in [6.45, 7) is 0.968. The molecular weight excluding hydrogens is 504 g/mol. The van der Waals surface area contributed by atoms with E-state index in [1.165, 1.54) is 0 Å². The zero-order valence-corrected chi connectivity index (χ0v) is 22.5. The third kappa shape index (κ3) is 9.52. The first-order valence-corrected chi connectivity index (χ1v) is 13.4. The molecule has 0 aromatic heterocycles. The summed E-state index contributed by atoms with van der Waals surface area (Å²) in [7, 11) is 0. The number of aldehydes is 1. The second-order valence-electron chi connectivity index (χ2n) is 9.49. The van der Waals surface area contributed by atoms with Crippen LogP contribution in [0.5, 0.6) is 0 Å². The Kier molecular flexibility index (Phi) is 12.1. The van der Waals surface area contributed by atoms with Crippen molar-refractivity contribution in [2.75, 3.05) is 6.61 Å². The number of aliphatic hydroxyl groups excluding tert-OH is 1. The quantitative estimate of drug-likeness (QED) is 0.178. The number of rotatable bonds is 17. The van der Waals surface area contributed by atoms with Gasteiger partial charge < -0.3 is 28.8 Å².